The van der Waals surface area contributed by atoms with Crippen molar-refractivity contribution in [2.45, 2.75) is 6.92 Å². The molecule has 32 heavy (non-hydrogen) atoms. The molecule has 0 spiro atoms. The van der Waals surface area contributed by atoms with Gasteiger partial charge in [0.15, 0.2) is 0 Å². The summed E-state index contributed by atoms with van der Waals surface area (Å²) < 4.78 is 0. The maximum atomic E-state index is 13.6. The number of carbonyl (C=O) groups is 2. The Labute approximate surface area is 187 Å². The van der Waals surface area contributed by atoms with E-state index in [9.17, 15) is 9.59 Å². The molecule has 3 heteroatoms. The maximum absolute atomic E-state index is 13.6. The first-order valence-electron chi connectivity index (χ1n) is 11.1. The van der Waals surface area contributed by atoms with Crippen molar-refractivity contribution in [3.8, 4) is 0 Å². The SMILES string of the molecule is Cc1ccccc1N1C(=O)[C@@H]2[C@@H](C1=O)[C@H]1C=C[C@H]2C1=C(c1ccccc1)c1ccccc1. The van der Waals surface area contributed by atoms with Crippen molar-refractivity contribution < 1.29 is 9.59 Å². The van der Waals surface area contributed by atoms with Crippen molar-refractivity contribution in [2.75, 3.05) is 4.90 Å². The number of hydrogen-bond donors (Lipinski definition) is 0. The third-order valence-corrected chi connectivity index (χ3v) is 7.19. The minimum atomic E-state index is -0.325. The molecule has 1 heterocycles. The first-order valence-corrected chi connectivity index (χ1v) is 11.1. The van der Waals surface area contributed by atoms with E-state index in [4.69, 9.17) is 0 Å². The van der Waals surface area contributed by atoms with Crippen LogP contribution in [0.1, 0.15) is 16.7 Å². The molecule has 3 aliphatic rings. The van der Waals surface area contributed by atoms with E-state index in [1.165, 1.54) is 10.5 Å². The van der Waals surface area contributed by atoms with E-state index < -0.39 is 0 Å². The van der Waals surface area contributed by atoms with Crippen LogP contribution in [0.4, 0.5) is 5.69 Å². The van der Waals surface area contributed by atoms with Crippen molar-refractivity contribution in [3.05, 3.63) is 119 Å². The van der Waals surface area contributed by atoms with Gasteiger partial charge in [0.2, 0.25) is 11.8 Å². The number of amides is 2. The van der Waals surface area contributed by atoms with Crippen molar-refractivity contribution in [1.29, 1.82) is 0 Å². The molecule has 0 N–H and O–H groups in total. The first kappa shape index (κ1) is 19.0. The lowest BCUT2D eigenvalue weighted by atomic mass is 9.85. The Morgan fingerprint density at radius 1 is 0.656 bits per heavy atom. The second kappa shape index (κ2) is 7.16. The maximum Gasteiger partial charge on any atom is 0.238 e. The fourth-order valence-electron chi connectivity index (χ4n) is 5.86. The summed E-state index contributed by atoms with van der Waals surface area (Å²) in [5, 5.41) is 0. The van der Waals surface area contributed by atoms with Gasteiger partial charge < -0.3 is 0 Å². The van der Waals surface area contributed by atoms with Crippen molar-refractivity contribution in [1.82, 2.24) is 0 Å². The van der Waals surface area contributed by atoms with E-state index in [0.717, 1.165) is 22.3 Å². The van der Waals surface area contributed by atoms with Crippen molar-refractivity contribution in [2.24, 2.45) is 23.7 Å². The third kappa shape index (κ3) is 2.61. The minimum Gasteiger partial charge on any atom is -0.274 e. The lowest BCUT2D eigenvalue weighted by Gasteiger charge is -2.22. The van der Waals surface area contributed by atoms with Crippen LogP contribution in [0.25, 0.3) is 5.57 Å². The molecule has 156 valence electrons. The van der Waals surface area contributed by atoms with Gasteiger partial charge in [0, 0.05) is 11.8 Å². The van der Waals surface area contributed by atoms with Crippen LogP contribution in [-0.2, 0) is 9.59 Å². The fourth-order valence-corrected chi connectivity index (χ4v) is 5.86. The Morgan fingerprint density at radius 2 is 1.12 bits per heavy atom. The number of benzene rings is 3. The Kier molecular flexibility index (Phi) is 4.25. The average molecular weight is 418 g/mol. The summed E-state index contributed by atoms with van der Waals surface area (Å²) in [5.41, 5.74) is 6.28. The molecular formula is C29H23NO2. The number of anilines is 1. The van der Waals surface area contributed by atoms with Gasteiger partial charge >= 0.3 is 0 Å². The van der Waals surface area contributed by atoms with Crippen LogP contribution < -0.4 is 4.90 Å². The lowest BCUT2D eigenvalue weighted by molar-refractivity contribution is -0.122. The Hall–Kier alpha value is -3.72. The highest BCUT2D eigenvalue weighted by Crippen LogP contribution is 2.59. The minimum absolute atomic E-state index is 0.0501. The summed E-state index contributed by atoms with van der Waals surface area (Å²) in [7, 11) is 0. The highest BCUT2D eigenvalue weighted by molar-refractivity contribution is 6.23. The summed E-state index contributed by atoms with van der Waals surface area (Å²) in [5.74, 6) is -0.880. The Morgan fingerprint density at radius 3 is 1.62 bits per heavy atom. The third-order valence-electron chi connectivity index (χ3n) is 7.19. The summed E-state index contributed by atoms with van der Waals surface area (Å²) in [6.45, 7) is 1.95. The molecule has 3 aromatic rings. The quantitative estimate of drug-likeness (QED) is 0.422. The van der Waals surface area contributed by atoms with Crippen LogP contribution >= 0.6 is 0 Å². The van der Waals surface area contributed by atoms with Gasteiger partial charge in [-0.05, 0) is 40.8 Å². The highest BCUT2D eigenvalue weighted by Gasteiger charge is 2.62. The van der Waals surface area contributed by atoms with E-state index >= 15 is 0 Å². The van der Waals surface area contributed by atoms with Gasteiger partial charge in [-0.1, -0.05) is 91.0 Å². The number of allylic oxidation sites excluding steroid dienone is 3. The number of aryl methyl sites for hydroxylation is 1. The van der Waals surface area contributed by atoms with Crippen LogP contribution in [-0.4, -0.2) is 11.8 Å². The predicted molar refractivity (Wildman–Crippen MR) is 126 cm³/mol. The van der Waals surface area contributed by atoms with Crippen LogP contribution in [0.3, 0.4) is 0 Å². The molecule has 3 nitrogen and oxygen atoms in total. The monoisotopic (exact) mass is 417 g/mol. The molecule has 0 unspecified atom stereocenters. The molecule has 1 aliphatic heterocycles. The van der Waals surface area contributed by atoms with Crippen LogP contribution in [0.5, 0.6) is 0 Å². The summed E-state index contributed by atoms with van der Waals surface area (Å²) >= 11 is 0. The molecule has 1 saturated carbocycles. The van der Waals surface area contributed by atoms with Gasteiger partial charge in [0.05, 0.1) is 17.5 Å². The largest absolute Gasteiger partial charge is 0.274 e. The average Bonchev–Trinajstić information content (AvgIpc) is 3.46. The van der Waals surface area contributed by atoms with Gasteiger partial charge in [-0.3, -0.25) is 9.59 Å². The lowest BCUT2D eigenvalue weighted by Crippen LogP contribution is -2.33. The van der Waals surface area contributed by atoms with Gasteiger partial charge in [-0.2, -0.15) is 0 Å². The van der Waals surface area contributed by atoms with Gasteiger partial charge in [0.25, 0.3) is 0 Å². The molecule has 2 aliphatic carbocycles. The van der Waals surface area contributed by atoms with E-state index in [0.29, 0.717) is 5.69 Å². The van der Waals surface area contributed by atoms with Gasteiger partial charge in [0.1, 0.15) is 0 Å². The number of imide groups is 1. The van der Waals surface area contributed by atoms with Crippen molar-refractivity contribution in [3.63, 3.8) is 0 Å². The second-order valence-electron chi connectivity index (χ2n) is 8.85. The van der Waals surface area contributed by atoms with Crippen LogP contribution in [0, 0.1) is 30.6 Å². The van der Waals surface area contributed by atoms with E-state index in [2.05, 4.69) is 36.4 Å². The molecular weight excluding hydrogens is 394 g/mol. The smallest absolute Gasteiger partial charge is 0.238 e. The van der Waals surface area contributed by atoms with E-state index in [-0.39, 0.29) is 35.5 Å². The standard InChI is InChI=1S/C29H23NO2/c1-18-10-8-9-15-23(18)30-28(31)26-21-16-17-22(27(26)29(30)32)25(21)24(19-11-4-2-5-12-19)20-13-6-3-7-14-20/h2-17,21-22,26-27H,1H3/t21-,22-,26-,27-/m0/s1. The van der Waals surface area contributed by atoms with Gasteiger partial charge in [-0.15, -0.1) is 0 Å². The molecule has 2 amide bonds. The topological polar surface area (TPSA) is 37.4 Å². The molecule has 3 aromatic carbocycles. The van der Waals surface area contributed by atoms with Gasteiger partial charge in [-0.25, -0.2) is 4.90 Å². The molecule has 0 radical (unpaired) electrons. The molecule has 1 saturated heterocycles. The number of carbonyl (C=O) groups excluding carboxylic acids is 2. The normalized spacial score (nSPS) is 25.5. The predicted octanol–water partition coefficient (Wildman–Crippen LogP) is 5.42. The number of nitrogens with zero attached hydrogens (tertiary/aromatic N) is 1. The first-order chi connectivity index (χ1) is 15.7. The summed E-state index contributed by atoms with van der Waals surface area (Å²) in [4.78, 5) is 28.7. The van der Waals surface area contributed by atoms with E-state index in [1.807, 2.05) is 67.6 Å². The van der Waals surface area contributed by atoms with E-state index in [1.54, 1.807) is 0 Å². The molecule has 4 atom stereocenters. The summed E-state index contributed by atoms with van der Waals surface area (Å²) in [6.07, 6.45) is 4.30. The molecule has 6 rings (SSSR count). The molecule has 2 fully saturated rings. The number of rotatable bonds is 3. The second-order valence-corrected chi connectivity index (χ2v) is 8.85. The molecule has 2 bridgehead atoms. The summed E-state index contributed by atoms with van der Waals surface area (Å²) in [6, 6.07) is 28.3. The zero-order valence-electron chi connectivity index (χ0n) is 17.8. The van der Waals surface area contributed by atoms with Crippen LogP contribution in [0.15, 0.2) is 103 Å². The zero-order valence-corrected chi connectivity index (χ0v) is 17.8. The zero-order chi connectivity index (χ0) is 21.8. The fraction of sp³-hybridized carbons (Fsp3) is 0.172. The molecule has 0 aromatic heterocycles. The Balaban J connectivity index is 1.50. The number of fused-ring (bicyclic) bond motifs is 5. The number of hydrogen-bond acceptors (Lipinski definition) is 2. The number of para-hydroxylation sites is 1. The highest BCUT2D eigenvalue weighted by atomic mass is 16.2. The van der Waals surface area contributed by atoms with Crippen LogP contribution in [0.2, 0.25) is 0 Å². The Bertz CT molecular complexity index is 1210. The van der Waals surface area contributed by atoms with Crippen molar-refractivity contribution >= 4 is 23.1 Å².